The standard InChI is InChI=1S/C33H51N5O6.C2H6/c1-22(34)44-28(35)23-7-9-24(10-8-23)29(40)36-12-14-43-16-15-42-13-11-27(39)37-25-17-33(18-25)19-26(20-33)38-30(41)32(5,6)21-31(2,3)4;1-2/h7-10,25-26,34-35H,11-21H2,1-6H3,(H,36,40)(H,37,39)(H,38,41);1-2H3. The summed E-state index contributed by atoms with van der Waals surface area (Å²) in [6.45, 7) is 17.7. The van der Waals surface area contributed by atoms with E-state index in [-0.39, 0.29) is 57.8 Å². The highest BCUT2D eigenvalue weighted by Crippen LogP contribution is 2.56. The quantitative estimate of drug-likeness (QED) is 0.100. The highest BCUT2D eigenvalue weighted by molar-refractivity contribution is 6.00. The summed E-state index contributed by atoms with van der Waals surface area (Å²) in [4.78, 5) is 37.4. The molecule has 2 fully saturated rings. The van der Waals surface area contributed by atoms with Crippen LogP contribution in [-0.2, 0) is 23.8 Å². The van der Waals surface area contributed by atoms with E-state index in [0.29, 0.717) is 50.5 Å². The molecule has 0 aromatic heterocycles. The minimum Gasteiger partial charge on any atom is -0.426 e. The van der Waals surface area contributed by atoms with Crippen LogP contribution in [0.1, 0.15) is 110 Å². The number of carbonyl (C=O) groups excluding carboxylic acids is 3. The van der Waals surface area contributed by atoms with Crippen molar-refractivity contribution in [2.45, 2.75) is 106 Å². The molecule has 2 aliphatic carbocycles. The zero-order valence-electron chi connectivity index (χ0n) is 29.2. The van der Waals surface area contributed by atoms with E-state index in [2.05, 4.69) is 36.7 Å². The molecule has 0 heterocycles. The van der Waals surface area contributed by atoms with Crippen LogP contribution < -0.4 is 16.0 Å². The fraction of sp³-hybridized carbons (Fsp3) is 0.686. The fourth-order valence-corrected chi connectivity index (χ4v) is 6.41. The number of nitrogens with one attached hydrogen (secondary N) is 5. The molecule has 0 atom stereocenters. The molecule has 11 nitrogen and oxygen atoms in total. The number of carbonyl (C=O) groups is 3. The summed E-state index contributed by atoms with van der Waals surface area (Å²) in [5, 5.41) is 24.2. The van der Waals surface area contributed by atoms with Gasteiger partial charge in [-0.1, -0.05) is 48.5 Å². The first-order valence-corrected chi connectivity index (χ1v) is 16.5. The molecule has 0 unspecified atom stereocenters. The molecule has 5 N–H and O–H groups in total. The maximum absolute atomic E-state index is 12.8. The van der Waals surface area contributed by atoms with Crippen molar-refractivity contribution in [2.75, 3.05) is 33.0 Å². The minimum atomic E-state index is -0.385. The van der Waals surface area contributed by atoms with Crippen molar-refractivity contribution in [3.05, 3.63) is 35.4 Å². The minimum absolute atomic E-state index is 0.0104. The normalized spacial score (nSPS) is 20.3. The van der Waals surface area contributed by atoms with Crippen molar-refractivity contribution in [1.29, 1.82) is 10.8 Å². The second-order valence-corrected chi connectivity index (χ2v) is 14.2. The highest BCUT2D eigenvalue weighted by atomic mass is 16.5. The van der Waals surface area contributed by atoms with E-state index in [9.17, 15) is 14.4 Å². The molecule has 1 aromatic carbocycles. The van der Waals surface area contributed by atoms with E-state index in [1.54, 1.807) is 24.3 Å². The Morgan fingerprint density at radius 2 is 1.35 bits per heavy atom. The lowest BCUT2D eigenvalue weighted by Gasteiger charge is -2.58. The lowest BCUT2D eigenvalue weighted by molar-refractivity contribution is -0.135. The monoisotopic (exact) mass is 643 g/mol. The fourth-order valence-electron chi connectivity index (χ4n) is 6.41. The molecular formula is C35H57N5O6. The third-order valence-corrected chi connectivity index (χ3v) is 8.05. The summed E-state index contributed by atoms with van der Waals surface area (Å²) in [6.07, 6.45) is 5.06. The van der Waals surface area contributed by atoms with E-state index in [4.69, 9.17) is 25.0 Å². The van der Waals surface area contributed by atoms with Gasteiger partial charge in [-0.25, -0.2) is 0 Å². The zero-order valence-corrected chi connectivity index (χ0v) is 29.2. The molecule has 3 rings (SSSR count). The summed E-state index contributed by atoms with van der Waals surface area (Å²) in [5.41, 5.74) is 0.909. The SMILES string of the molecule is CC.CC(=N)OC(=N)c1ccc(C(=O)NCCOCCOCCC(=O)NC2CC3(C2)CC(NC(=O)C(C)(C)CC(C)(C)C)C3)cc1. The Morgan fingerprint density at radius 1 is 0.826 bits per heavy atom. The van der Waals surface area contributed by atoms with Gasteiger partial charge in [0.1, 0.15) is 0 Å². The van der Waals surface area contributed by atoms with Gasteiger partial charge in [-0.15, -0.1) is 0 Å². The topological polar surface area (TPSA) is 163 Å². The summed E-state index contributed by atoms with van der Waals surface area (Å²) in [6, 6.07) is 6.82. The first-order valence-electron chi connectivity index (χ1n) is 16.5. The Morgan fingerprint density at radius 3 is 1.89 bits per heavy atom. The van der Waals surface area contributed by atoms with Gasteiger partial charge in [0.05, 0.1) is 26.4 Å². The predicted molar refractivity (Wildman–Crippen MR) is 180 cm³/mol. The Balaban J connectivity index is 0.00000361. The van der Waals surface area contributed by atoms with Crippen LogP contribution in [0.5, 0.6) is 0 Å². The second-order valence-electron chi connectivity index (χ2n) is 14.2. The number of hydrogen-bond acceptors (Lipinski definition) is 8. The Bertz CT molecular complexity index is 1180. The molecule has 1 spiro atoms. The second kappa shape index (κ2) is 17.6. The largest absolute Gasteiger partial charge is 0.426 e. The maximum Gasteiger partial charge on any atom is 0.251 e. The summed E-state index contributed by atoms with van der Waals surface area (Å²) >= 11 is 0. The van der Waals surface area contributed by atoms with Crippen LogP contribution in [0, 0.1) is 27.1 Å². The smallest absolute Gasteiger partial charge is 0.251 e. The third kappa shape index (κ3) is 12.8. The molecule has 2 aliphatic rings. The van der Waals surface area contributed by atoms with E-state index in [1.807, 2.05) is 27.7 Å². The summed E-state index contributed by atoms with van der Waals surface area (Å²) < 4.78 is 16.0. The van der Waals surface area contributed by atoms with Crippen LogP contribution in [0.15, 0.2) is 24.3 Å². The molecule has 11 heteroatoms. The van der Waals surface area contributed by atoms with E-state index < -0.39 is 0 Å². The van der Waals surface area contributed by atoms with Crippen molar-refractivity contribution in [3.8, 4) is 0 Å². The lowest BCUT2D eigenvalue weighted by Crippen LogP contribution is -2.62. The van der Waals surface area contributed by atoms with Crippen molar-refractivity contribution < 1.29 is 28.6 Å². The number of rotatable bonds is 15. The first kappa shape index (κ1) is 38.9. The van der Waals surface area contributed by atoms with Gasteiger partial charge < -0.3 is 30.2 Å². The van der Waals surface area contributed by atoms with E-state index >= 15 is 0 Å². The third-order valence-electron chi connectivity index (χ3n) is 8.05. The van der Waals surface area contributed by atoms with E-state index in [1.165, 1.54) is 6.92 Å². The van der Waals surface area contributed by atoms with E-state index in [0.717, 1.165) is 32.1 Å². The number of hydrogen-bond donors (Lipinski definition) is 5. The molecule has 2 saturated carbocycles. The predicted octanol–water partition coefficient (Wildman–Crippen LogP) is 5.21. The van der Waals surface area contributed by atoms with Crippen LogP contribution in [0.25, 0.3) is 0 Å². The molecule has 0 bridgehead atoms. The summed E-state index contributed by atoms with van der Waals surface area (Å²) in [7, 11) is 0. The Kier molecular flexibility index (Phi) is 14.8. The number of benzene rings is 1. The summed E-state index contributed by atoms with van der Waals surface area (Å²) in [5.74, 6) is -0.347. The van der Waals surface area contributed by atoms with Crippen molar-refractivity contribution in [3.63, 3.8) is 0 Å². The Hall–Kier alpha value is -3.31. The van der Waals surface area contributed by atoms with Gasteiger partial charge in [-0.05, 0) is 67.2 Å². The van der Waals surface area contributed by atoms with Crippen LogP contribution in [-0.4, -0.2) is 74.6 Å². The molecule has 0 saturated heterocycles. The average Bonchev–Trinajstić information content (AvgIpc) is 2.93. The highest BCUT2D eigenvalue weighted by Gasteiger charge is 2.54. The molecule has 3 amide bonds. The van der Waals surface area contributed by atoms with Gasteiger partial charge in [0, 0.05) is 48.5 Å². The van der Waals surface area contributed by atoms with Gasteiger partial charge in [0.25, 0.3) is 5.91 Å². The Labute approximate surface area is 275 Å². The van der Waals surface area contributed by atoms with Crippen LogP contribution >= 0.6 is 0 Å². The van der Waals surface area contributed by atoms with Crippen LogP contribution in [0.4, 0.5) is 0 Å². The molecular weight excluding hydrogens is 586 g/mol. The molecule has 258 valence electrons. The van der Waals surface area contributed by atoms with Gasteiger partial charge in [-0.3, -0.25) is 25.2 Å². The maximum atomic E-state index is 12.8. The lowest BCUT2D eigenvalue weighted by atomic mass is 9.52. The van der Waals surface area contributed by atoms with Crippen LogP contribution in [0.2, 0.25) is 0 Å². The van der Waals surface area contributed by atoms with Gasteiger partial charge in [0.2, 0.25) is 17.7 Å². The molecule has 0 aliphatic heterocycles. The number of ether oxygens (including phenoxy) is 3. The molecule has 0 radical (unpaired) electrons. The van der Waals surface area contributed by atoms with Gasteiger partial charge in [-0.2, -0.15) is 0 Å². The van der Waals surface area contributed by atoms with Crippen molar-refractivity contribution in [2.24, 2.45) is 16.2 Å². The van der Waals surface area contributed by atoms with Crippen molar-refractivity contribution in [1.82, 2.24) is 16.0 Å². The molecule has 46 heavy (non-hydrogen) atoms. The van der Waals surface area contributed by atoms with Crippen molar-refractivity contribution >= 4 is 29.5 Å². The van der Waals surface area contributed by atoms with Gasteiger partial charge >= 0.3 is 0 Å². The van der Waals surface area contributed by atoms with Gasteiger partial charge in [0.15, 0.2) is 5.90 Å². The molecule has 1 aromatic rings. The number of amides is 3. The average molecular weight is 644 g/mol. The zero-order chi connectivity index (χ0) is 34.5. The first-order chi connectivity index (χ1) is 21.6. The van der Waals surface area contributed by atoms with Crippen LogP contribution in [0.3, 0.4) is 0 Å².